The van der Waals surface area contributed by atoms with E-state index in [-0.39, 0.29) is 46.6 Å². The van der Waals surface area contributed by atoms with Crippen LogP contribution in [0.4, 0.5) is 0 Å². The number of aryl methyl sites for hydroxylation is 2. The Labute approximate surface area is 185 Å². The maximum atomic E-state index is 13.2. The lowest BCUT2D eigenvalue weighted by Crippen LogP contribution is -2.47. The number of aromatic nitrogens is 3. The Morgan fingerprint density at radius 3 is 2.41 bits per heavy atom. The third-order valence-corrected chi connectivity index (χ3v) is 5.46. The zero-order valence-corrected chi connectivity index (χ0v) is 18.7. The number of fused-ring (bicyclic) bond motifs is 1. The van der Waals surface area contributed by atoms with Crippen LogP contribution < -0.4 is 10.1 Å². The molecule has 1 fully saturated rings. The van der Waals surface area contributed by atoms with E-state index in [2.05, 4.69) is 15.3 Å². The molecule has 3 heterocycles. The fraction of sp³-hybridized carbons (Fsp3) is 0.571. The minimum atomic E-state index is -1.19. The smallest absolute Gasteiger partial charge is 0.356 e. The maximum Gasteiger partial charge on any atom is 0.356 e. The van der Waals surface area contributed by atoms with Gasteiger partial charge in [0, 0.05) is 26.2 Å². The van der Waals surface area contributed by atoms with Gasteiger partial charge in [-0.2, -0.15) is 0 Å². The van der Waals surface area contributed by atoms with E-state index in [4.69, 9.17) is 9.84 Å². The largest absolute Gasteiger partial charge is 0.486 e. The van der Waals surface area contributed by atoms with Gasteiger partial charge in [0.15, 0.2) is 28.3 Å². The molecule has 174 valence electrons. The lowest BCUT2D eigenvalue weighted by Gasteiger charge is -2.32. The first-order chi connectivity index (χ1) is 15.2. The van der Waals surface area contributed by atoms with E-state index >= 15 is 0 Å². The van der Waals surface area contributed by atoms with Crippen molar-refractivity contribution in [2.45, 2.75) is 52.2 Å². The van der Waals surface area contributed by atoms with Gasteiger partial charge in [-0.15, -0.1) is 0 Å². The Morgan fingerprint density at radius 1 is 1.22 bits per heavy atom. The molecule has 2 amide bonds. The van der Waals surface area contributed by atoms with Crippen LogP contribution in [0.5, 0.6) is 5.75 Å². The summed E-state index contributed by atoms with van der Waals surface area (Å²) in [5.41, 5.74) is 0.981. The Balaban J connectivity index is 1.96. The molecule has 0 unspecified atom stereocenters. The summed E-state index contributed by atoms with van der Waals surface area (Å²) in [6.45, 7) is 5.76. The molecule has 2 aromatic heterocycles. The number of hydrogen-bond donors (Lipinski definition) is 3. The highest BCUT2D eigenvalue weighted by Gasteiger charge is 2.30. The van der Waals surface area contributed by atoms with E-state index in [1.807, 2.05) is 0 Å². The molecule has 0 atom stereocenters. The molecule has 1 saturated heterocycles. The standard InChI is InChI=1S/C21H29N5O6/c1-5-13-15(21(30)31)24-16-18(32-11(2)3)17(25(4)19(16)23-13)20(29)22-12-6-8-26(9-7-12)14(28)10-27/h11-12,27H,5-10H2,1-4H3,(H,22,29)(H,30,31). The van der Waals surface area contributed by atoms with E-state index in [9.17, 15) is 19.5 Å². The first-order valence-electron chi connectivity index (χ1n) is 10.7. The van der Waals surface area contributed by atoms with Gasteiger partial charge in [0.05, 0.1) is 11.8 Å². The van der Waals surface area contributed by atoms with Gasteiger partial charge in [0.2, 0.25) is 5.91 Å². The zero-order chi connectivity index (χ0) is 23.6. The van der Waals surface area contributed by atoms with Gasteiger partial charge in [0.1, 0.15) is 6.61 Å². The first-order valence-corrected chi connectivity index (χ1v) is 10.7. The van der Waals surface area contributed by atoms with Gasteiger partial charge in [0.25, 0.3) is 5.91 Å². The molecule has 0 aliphatic carbocycles. The number of hydrogen-bond acceptors (Lipinski definition) is 7. The fourth-order valence-corrected chi connectivity index (χ4v) is 3.86. The summed E-state index contributed by atoms with van der Waals surface area (Å²) in [6.07, 6.45) is 1.21. The van der Waals surface area contributed by atoms with Gasteiger partial charge >= 0.3 is 5.97 Å². The average Bonchev–Trinajstić information content (AvgIpc) is 3.02. The summed E-state index contributed by atoms with van der Waals surface area (Å²) in [6, 6.07) is -0.156. The molecule has 3 N–H and O–H groups in total. The number of amides is 2. The number of carboxylic acids is 1. The lowest BCUT2D eigenvalue weighted by atomic mass is 10.0. The first kappa shape index (κ1) is 23.5. The number of carboxylic acid groups (broad SMARTS) is 1. The van der Waals surface area contributed by atoms with Gasteiger partial charge in [-0.3, -0.25) is 9.59 Å². The number of nitrogens with one attached hydrogen (secondary N) is 1. The molecular weight excluding hydrogens is 418 g/mol. The molecule has 0 bridgehead atoms. The molecule has 32 heavy (non-hydrogen) atoms. The van der Waals surface area contributed by atoms with Crippen molar-refractivity contribution in [1.29, 1.82) is 0 Å². The Hall–Kier alpha value is -3.21. The molecule has 1 aliphatic rings. The summed E-state index contributed by atoms with van der Waals surface area (Å²) < 4.78 is 7.48. The van der Waals surface area contributed by atoms with Crippen LogP contribution in [0.2, 0.25) is 0 Å². The number of aliphatic hydroxyl groups excluding tert-OH is 1. The number of ether oxygens (including phenoxy) is 1. The average molecular weight is 447 g/mol. The number of carbonyl (C=O) groups is 3. The van der Waals surface area contributed by atoms with Crippen molar-refractivity contribution < 1.29 is 29.3 Å². The van der Waals surface area contributed by atoms with Crippen LogP contribution in [0.15, 0.2) is 0 Å². The van der Waals surface area contributed by atoms with Crippen molar-refractivity contribution in [1.82, 2.24) is 24.8 Å². The molecule has 1 aliphatic heterocycles. The third kappa shape index (κ3) is 4.52. The van der Waals surface area contributed by atoms with Gasteiger partial charge < -0.3 is 29.7 Å². The second kappa shape index (κ2) is 9.51. The quantitative estimate of drug-likeness (QED) is 0.563. The normalized spacial score (nSPS) is 14.8. The van der Waals surface area contributed by atoms with Crippen LogP contribution in [0.25, 0.3) is 11.2 Å². The molecule has 11 nitrogen and oxygen atoms in total. The highest BCUT2D eigenvalue weighted by molar-refractivity contribution is 6.03. The minimum absolute atomic E-state index is 0.156. The van der Waals surface area contributed by atoms with Crippen LogP contribution in [0.1, 0.15) is 60.3 Å². The van der Waals surface area contributed by atoms with Crippen molar-refractivity contribution in [3.8, 4) is 5.75 Å². The van der Waals surface area contributed by atoms with E-state index in [0.29, 0.717) is 43.7 Å². The number of rotatable bonds is 7. The number of aromatic carboxylic acids is 1. The summed E-state index contributed by atoms with van der Waals surface area (Å²) in [5, 5.41) is 21.5. The fourth-order valence-electron chi connectivity index (χ4n) is 3.86. The van der Waals surface area contributed by atoms with Crippen LogP contribution in [-0.2, 0) is 18.3 Å². The van der Waals surface area contributed by atoms with Crippen molar-refractivity contribution in [3.63, 3.8) is 0 Å². The maximum absolute atomic E-state index is 13.2. The number of piperidine rings is 1. The molecule has 0 saturated carbocycles. The number of carbonyl (C=O) groups excluding carboxylic acids is 2. The predicted molar refractivity (Wildman–Crippen MR) is 115 cm³/mol. The number of likely N-dealkylation sites (tertiary alicyclic amines) is 1. The van der Waals surface area contributed by atoms with E-state index < -0.39 is 12.6 Å². The summed E-state index contributed by atoms with van der Waals surface area (Å²) in [5.74, 6) is -1.70. The van der Waals surface area contributed by atoms with Gasteiger partial charge in [-0.05, 0) is 33.1 Å². The Kier molecular flexibility index (Phi) is 6.97. The second-order valence-corrected chi connectivity index (χ2v) is 8.04. The second-order valence-electron chi connectivity index (χ2n) is 8.04. The van der Waals surface area contributed by atoms with Crippen molar-refractivity contribution >= 4 is 28.9 Å². The van der Waals surface area contributed by atoms with Crippen LogP contribution in [0.3, 0.4) is 0 Å². The van der Waals surface area contributed by atoms with Gasteiger partial charge in [-0.25, -0.2) is 14.8 Å². The van der Waals surface area contributed by atoms with Crippen LogP contribution >= 0.6 is 0 Å². The zero-order valence-electron chi connectivity index (χ0n) is 18.7. The SMILES string of the molecule is CCc1nc2c(nc1C(=O)O)c(OC(C)C)c(C(=O)NC1CCN(C(=O)CO)CC1)n2C. The minimum Gasteiger partial charge on any atom is -0.486 e. The Morgan fingerprint density at radius 2 is 1.88 bits per heavy atom. The van der Waals surface area contributed by atoms with E-state index in [1.54, 1.807) is 37.3 Å². The van der Waals surface area contributed by atoms with Crippen molar-refractivity contribution in [2.24, 2.45) is 7.05 Å². The van der Waals surface area contributed by atoms with Crippen LogP contribution in [-0.4, -0.2) is 79.3 Å². The monoisotopic (exact) mass is 447 g/mol. The highest BCUT2D eigenvalue weighted by atomic mass is 16.5. The third-order valence-electron chi connectivity index (χ3n) is 5.46. The summed E-state index contributed by atoms with van der Waals surface area (Å²) >= 11 is 0. The van der Waals surface area contributed by atoms with Crippen molar-refractivity contribution in [2.75, 3.05) is 19.7 Å². The Bertz CT molecular complexity index is 1040. The molecule has 0 radical (unpaired) electrons. The molecule has 0 aromatic carbocycles. The number of aliphatic hydroxyl groups is 1. The van der Waals surface area contributed by atoms with Crippen LogP contribution in [0, 0.1) is 0 Å². The topological polar surface area (TPSA) is 147 Å². The lowest BCUT2D eigenvalue weighted by molar-refractivity contribution is -0.135. The van der Waals surface area contributed by atoms with Crippen molar-refractivity contribution in [3.05, 3.63) is 17.1 Å². The van der Waals surface area contributed by atoms with E-state index in [0.717, 1.165) is 0 Å². The molecular formula is C21H29N5O6. The molecule has 2 aromatic rings. The molecule has 3 rings (SSSR count). The highest BCUT2D eigenvalue weighted by Crippen LogP contribution is 2.32. The van der Waals surface area contributed by atoms with E-state index in [1.165, 1.54) is 0 Å². The number of nitrogens with zero attached hydrogens (tertiary/aromatic N) is 4. The summed E-state index contributed by atoms with van der Waals surface area (Å²) in [4.78, 5) is 46.9. The molecule has 0 spiro atoms. The molecule has 11 heteroatoms. The summed E-state index contributed by atoms with van der Waals surface area (Å²) in [7, 11) is 1.67. The predicted octanol–water partition coefficient (Wildman–Crippen LogP) is 0.729. The van der Waals surface area contributed by atoms with Gasteiger partial charge in [-0.1, -0.05) is 6.92 Å².